The van der Waals surface area contributed by atoms with Gasteiger partial charge in [0.25, 0.3) is 0 Å². The van der Waals surface area contributed by atoms with E-state index in [9.17, 15) is 10.1 Å². The molecule has 5 nitrogen and oxygen atoms in total. The van der Waals surface area contributed by atoms with Crippen molar-refractivity contribution in [2.24, 2.45) is 0 Å². The Kier molecular flexibility index (Phi) is 4.66. The Morgan fingerprint density at radius 3 is 2.70 bits per heavy atom. The first kappa shape index (κ1) is 17.3. The summed E-state index contributed by atoms with van der Waals surface area (Å²) in [5, 5.41) is 10.6. The molecule has 3 aromatic rings. The summed E-state index contributed by atoms with van der Waals surface area (Å²) >= 11 is 0. The summed E-state index contributed by atoms with van der Waals surface area (Å²) in [6.07, 6.45) is 0.876. The van der Waals surface area contributed by atoms with Crippen molar-refractivity contribution in [2.75, 3.05) is 7.11 Å². The smallest absolute Gasteiger partial charge is 0.323 e. The fourth-order valence-electron chi connectivity index (χ4n) is 4.09. The van der Waals surface area contributed by atoms with E-state index in [0.717, 1.165) is 27.7 Å². The van der Waals surface area contributed by atoms with Crippen LogP contribution in [-0.2, 0) is 22.5 Å². The Morgan fingerprint density at radius 1 is 1.22 bits per heavy atom. The van der Waals surface area contributed by atoms with Crippen molar-refractivity contribution in [3.05, 3.63) is 71.4 Å². The lowest BCUT2D eigenvalue weighted by Gasteiger charge is -2.39. The number of esters is 1. The average molecular weight is 359 g/mol. The number of hydrogen-bond acceptors (Lipinski definition) is 4. The number of para-hydroxylation sites is 1. The molecule has 0 bridgehead atoms. The molecule has 0 saturated heterocycles. The van der Waals surface area contributed by atoms with Gasteiger partial charge in [0.15, 0.2) is 0 Å². The first-order valence-electron chi connectivity index (χ1n) is 9.07. The molecule has 2 atom stereocenters. The van der Waals surface area contributed by atoms with Crippen LogP contribution in [0.15, 0.2) is 54.6 Å². The van der Waals surface area contributed by atoms with Crippen LogP contribution in [0.5, 0.6) is 0 Å². The van der Waals surface area contributed by atoms with Crippen LogP contribution in [0.1, 0.15) is 29.3 Å². The molecule has 0 unspecified atom stereocenters. The van der Waals surface area contributed by atoms with Crippen LogP contribution in [0.2, 0.25) is 0 Å². The second kappa shape index (κ2) is 7.26. The monoisotopic (exact) mass is 359 g/mol. The molecular weight excluding hydrogens is 338 g/mol. The number of methoxy groups -OCH3 is 1. The van der Waals surface area contributed by atoms with Crippen molar-refractivity contribution in [2.45, 2.75) is 31.5 Å². The molecule has 4 rings (SSSR count). The number of nitrogens with one attached hydrogen (secondary N) is 1. The van der Waals surface area contributed by atoms with Crippen molar-refractivity contribution in [1.82, 2.24) is 9.88 Å². The number of fused-ring (bicyclic) bond motifs is 3. The predicted octanol–water partition coefficient (Wildman–Crippen LogP) is 3.72. The molecule has 27 heavy (non-hydrogen) atoms. The minimum absolute atomic E-state index is 0.185. The van der Waals surface area contributed by atoms with Crippen molar-refractivity contribution in [1.29, 1.82) is 5.26 Å². The van der Waals surface area contributed by atoms with Crippen LogP contribution in [0.3, 0.4) is 0 Å². The fraction of sp³-hybridized carbons (Fsp3) is 0.273. The maximum atomic E-state index is 12.6. The lowest BCUT2D eigenvalue weighted by atomic mass is 9.89. The Morgan fingerprint density at radius 2 is 1.96 bits per heavy atom. The molecule has 0 fully saturated rings. The van der Waals surface area contributed by atoms with Gasteiger partial charge in [0, 0.05) is 29.6 Å². The maximum Gasteiger partial charge on any atom is 0.323 e. The van der Waals surface area contributed by atoms with Crippen LogP contribution >= 0.6 is 0 Å². The lowest BCUT2D eigenvalue weighted by molar-refractivity contribution is -0.149. The highest BCUT2D eigenvalue weighted by atomic mass is 16.5. The van der Waals surface area contributed by atoms with Crippen molar-refractivity contribution in [3.8, 4) is 6.07 Å². The summed E-state index contributed by atoms with van der Waals surface area (Å²) in [5.74, 6) is -0.259. The molecule has 1 N–H and O–H groups in total. The van der Waals surface area contributed by atoms with Gasteiger partial charge in [0.1, 0.15) is 6.04 Å². The Balaban J connectivity index is 1.83. The Labute approximate surface area is 158 Å². The van der Waals surface area contributed by atoms with E-state index in [1.807, 2.05) is 48.5 Å². The SMILES string of the molecule is COC(=O)[C@@H]1Cc2c([nH]c3ccccc23)[C@@H](CC#N)N1Cc1ccccc1. The number of aromatic amines is 1. The zero-order chi connectivity index (χ0) is 18.8. The highest BCUT2D eigenvalue weighted by Crippen LogP contribution is 2.39. The molecule has 0 saturated carbocycles. The molecule has 1 aliphatic rings. The van der Waals surface area contributed by atoms with E-state index in [1.54, 1.807) is 0 Å². The topological polar surface area (TPSA) is 69.1 Å². The van der Waals surface area contributed by atoms with E-state index in [4.69, 9.17) is 4.74 Å². The van der Waals surface area contributed by atoms with E-state index in [2.05, 4.69) is 22.0 Å². The van der Waals surface area contributed by atoms with Gasteiger partial charge in [-0.25, -0.2) is 0 Å². The quantitative estimate of drug-likeness (QED) is 0.721. The van der Waals surface area contributed by atoms with E-state index in [0.29, 0.717) is 19.4 Å². The van der Waals surface area contributed by atoms with E-state index in [1.165, 1.54) is 7.11 Å². The summed E-state index contributed by atoms with van der Waals surface area (Å²) in [6.45, 7) is 0.585. The predicted molar refractivity (Wildman–Crippen MR) is 103 cm³/mol. The van der Waals surface area contributed by atoms with Crippen molar-refractivity contribution in [3.63, 3.8) is 0 Å². The van der Waals surface area contributed by atoms with Crippen LogP contribution < -0.4 is 0 Å². The number of ether oxygens (including phenoxy) is 1. The van der Waals surface area contributed by atoms with Crippen LogP contribution in [0, 0.1) is 11.3 Å². The summed E-state index contributed by atoms with van der Waals surface area (Å²) in [6, 6.07) is 19.8. The molecule has 1 aromatic heterocycles. The number of H-pyrrole nitrogens is 1. The standard InChI is InChI=1S/C22H21N3O2/c1-27-22(26)20-13-17-16-9-5-6-10-18(16)24-21(17)19(11-12-23)25(20)14-15-7-3-2-4-8-15/h2-10,19-20,24H,11,13-14H2,1H3/t19-,20+/m1/s1. The van der Waals surface area contributed by atoms with Gasteiger partial charge in [-0.15, -0.1) is 0 Å². The van der Waals surface area contributed by atoms with Gasteiger partial charge in [0.2, 0.25) is 0 Å². The molecule has 136 valence electrons. The average Bonchev–Trinajstić information content (AvgIpc) is 3.08. The van der Waals surface area contributed by atoms with Gasteiger partial charge in [0.05, 0.1) is 25.6 Å². The normalized spacial score (nSPS) is 19.4. The molecule has 0 radical (unpaired) electrons. The number of nitrogens with zero attached hydrogens (tertiary/aromatic N) is 2. The summed E-state index contributed by atoms with van der Waals surface area (Å²) in [5.41, 5.74) is 4.30. The fourth-order valence-corrected chi connectivity index (χ4v) is 4.09. The van der Waals surface area contributed by atoms with Crippen molar-refractivity contribution >= 4 is 16.9 Å². The first-order chi connectivity index (χ1) is 13.2. The second-order valence-electron chi connectivity index (χ2n) is 6.84. The lowest BCUT2D eigenvalue weighted by Crippen LogP contribution is -2.48. The molecule has 0 aliphatic carbocycles. The van der Waals surface area contributed by atoms with Gasteiger partial charge in [-0.05, 0) is 17.2 Å². The zero-order valence-electron chi connectivity index (χ0n) is 15.2. The number of nitriles is 1. The molecule has 0 amide bonds. The molecule has 2 aromatic carbocycles. The number of aromatic nitrogens is 1. The van der Waals surface area contributed by atoms with Crippen LogP contribution in [-0.4, -0.2) is 29.0 Å². The third kappa shape index (κ3) is 3.09. The number of benzene rings is 2. The minimum Gasteiger partial charge on any atom is -0.468 e. The molecule has 5 heteroatoms. The summed E-state index contributed by atoms with van der Waals surface area (Å²) in [4.78, 5) is 18.2. The third-order valence-corrected chi connectivity index (χ3v) is 5.34. The maximum absolute atomic E-state index is 12.6. The van der Waals surface area contributed by atoms with Crippen LogP contribution in [0.4, 0.5) is 0 Å². The van der Waals surface area contributed by atoms with Gasteiger partial charge in [-0.3, -0.25) is 9.69 Å². The number of carbonyl (C=O) groups is 1. The Hall–Kier alpha value is -3.10. The largest absolute Gasteiger partial charge is 0.468 e. The summed E-state index contributed by atoms with van der Waals surface area (Å²) in [7, 11) is 1.42. The summed E-state index contributed by atoms with van der Waals surface area (Å²) < 4.78 is 5.11. The highest BCUT2D eigenvalue weighted by Gasteiger charge is 2.40. The molecule has 1 aliphatic heterocycles. The first-order valence-corrected chi connectivity index (χ1v) is 9.07. The third-order valence-electron chi connectivity index (χ3n) is 5.34. The van der Waals surface area contributed by atoms with Gasteiger partial charge < -0.3 is 9.72 Å². The molecule has 2 heterocycles. The Bertz CT molecular complexity index is 1000. The molecule has 0 spiro atoms. The molecular formula is C22H21N3O2. The van der Waals surface area contributed by atoms with E-state index >= 15 is 0 Å². The number of rotatable bonds is 4. The van der Waals surface area contributed by atoms with E-state index < -0.39 is 6.04 Å². The number of carbonyl (C=O) groups excluding carboxylic acids is 1. The zero-order valence-corrected chi connectivity index (χ0v) is 15.2. The van der Waals surface area contributed by atoms with E-state index in [-0.39, 0.29) is 12.0 Å². The van der Waals surface area contributed by atoms with Gasteiger partial charge in [-0.2, -0.15) is 5.26 Å². The van der Waals surface area contributed by atoms with Crippen LogP contribution in [0.25, 0.3) is 10.9 Å². The second-order valence-corrected chi connectivity index (χ2v) is 6.84. The number of hydrogen-bond donors (Lipinski definition) is 1. The minimum atomic E-state index is -0.416. The highest BCUT2D eigenvalue weighted by molar-refractivity contribution is 5.87. The van der Waals surface area contributed by atoms with Crippen molar-refractivity contribution < 1.29 is 9.53 Å². The van der Waals surface area contributed by atoms with Gasteiger partial charge in [-0.1, -0.05) is 48.5 Å². The van der Waals surface area contributed by atoms with Gasteiger partial charge >= 0.3 is 5.97 Å².